The largest absolute Gasteiger partial charge is 1.00 e. The standard InChI is InChI=1S/C9H15OSi.C5H5.2ClH.Zr/c1-4-10-11(2,3)9-7-5-6-8-9;1-2-4-5-3-1;;;/h5,7H,4,6H2,1-3H3;1-3H,4H2;2*1H;/q;;;;+2/p-2. The summed E-state index contributed by atoms with van der Waals surface area (Å²) in [6.07, 6.45) is 13.9. The van der Waals surface area contributed by atoms with Crippen LogP contribution in [0, 0.1) is 0 Å². The van der Waals surface area contributed by atoms with Crippen LogP contribution in [0.25, 0.3) is 0 Å². The van der Waals surface area contributed by atoms with Crippen LogP contribution in [-0.4, -0.2) is 14.9 Å². The Morgan fingerprint density at radius 3 is 2.53 bits per heavy atom. The predicted molar refractivity (Wildman–Crippen MR) is 71.7 cm³/mol. The second-order valence-electron chi connectivity index (χ2n) is 4.89. The number of allylic oxidation sites excluding steroid dienone is 8. The molecule has 0 bridgehead atoms. The summed E-state index contributed by atoms with van der Waals surface area (Å²) < 4.78 is 9.50. The predicted octanol–water partition coefficient (Wildman–Crippen LogP) is -2.08. The van der Waals surface area contributed by atoms with E-state index in [0.717, 1.165) is 6.61 Å². The van der Waals surface area contributed by atoms with Crippen LogP contribution in [0.15, 0.2) is 42.1 Å². The third-order valence-electron chi connectivity index (χ3n) is 3.17. The summed E-state index contributed by atoms with van der Waals surface area (Å²) in [4.78, 5) is 0. The molecule has 0 radical (unpaired) electrons. The molecule has 0 saturated heterocycles. The van der Waals surface area contributed by atoms with Gasteiger partial charge in [0.2, 0.25) is 0 Å². The maximum Gasteiger partial charge on any atom is -1.00 e. The molecule has 2 rings (SSSR count). The smallest absolute Gasteiger partial charge is 1.00 e. The first-order chi connectivity index (χ1) is 8.13. The topological polar surface area (TPSA) is 9.23 Å². The van der Waals surface area contributed by atoms with Crippen molar-refractivity contribution in [3.05, 3.63) is 42.1 Å². The number of rotatable bonds is 5. The van der Waals surface area contributed by atoms with Crippen molar-refractivity contribution >= 4 is 8.32 Å². The average molecular weight is 395 g/mol. The van der Waals surface area contributed by atoms with Gasteiger partial charge in [-0.2, -0.15) is 0 Å². The van der Waals surface area contributed by atoms with E-state index in [1.165, 1.54) is 12.8 Å². The molecule has 0 saturated carbocycles. The van der Waals surface area contributed by atoms with E-state index in [1.54, 1.807) is 11.8 Å². The average Bonchev–Trinajstić information content (AvgIpc) is 2.89. The first-order valence-corrected chi connectivity index (χ1v) is 11.7. The summed E-state index contributed by atoms with van der Waals surface area (Å²) in [7, 11) is -1.62. The summed E-state index contributed by atoms with van der Waals surface area (Å²) >= 11 is -0.511. The molecule has 2 aliphatic rings. The van der Waals surface area contributed by atoms with Gasteiger partial charge in [-0.3, -0.25) is 0 Å². The summed E-state index contributed by atoms with van der Waals surface area (Å²) in [6.45, 7) is 7.63. The minimum absolute atomic E-state index is 0. The third kappa shape index (κ3) is 5.13. The Balaban J connectivity index is 0.00000162. The molecule has 0 heterocycles. The third-order valence-corrected chi connectivity index (χ3v) is 10.2. The zero-order valence-corrected chi connectivity index (χ0v) is 16.6. The molecule has 19 heavy (non-hydrogen) atoms. The van der Waals surface area contributed by atoms with E-state index in [1.807, 2.05) is 0 Å². The molecule has 0 fully saturated rings. The van der Waals surface area contributed by atoms with Crippen LogP contribution in [0.4, 0.5) is 0 Å². The molecule has 0 atom stereocenters. The van der Waals surface area contributed by atoms with Crippen molar-refractivity contribution in [1.82, 2.24) is 0 Å². The second-order valence-corrected chi connectivity index (χ2v) is 12.4. The van der Waals surface area contributed by atoms with Crippen LogP contribution in [0.1, 0.15) is 19.8 Å². The zero-order valence-electron chi connectivity index (χ0n) is 11.7. The minimum Gasteiger partial charge on any atom is -1.00 e. The Morgan fingerprint density at radius 2 is 1.95 bits per heavy atom. The maximum atomic E-state index is 6.03. The van der Waals surface area contributed by atoms with Crippen molar-refractivity contribution in [3.8, 4) is 0 Å². The van der Waals surface area contributed by atoms with Gasteiger partial charge in [0.05, 0.1) is 0 Å². The van der Waals surface area contributed by atoms with Gasteiger partial charge in [0, 0.05) is 0 Å². The molecule has 0 spiro atoms. The molecule has 104 valence electrons. The van der Waals surface area contributed by atoms with Crippen LogP contribution < -0.4 is 24.8 Å². The number of hydrogen-bond donors (Lipinski definition) is 0. The molecule has 2 aliphatic carbocycles. The fourth-order valence-electron chi connectivity index (χ4n) is 2.36. The normalized spacial score (nSPS) is 16.9. The van der Waals surface area contributed by atoms with Crippen LogP contribution >= 0.6 is 0 Å². The fraction of sp³-hybridized carbons (Fsp3) is 0.429. The van der Waals surface area contributed by atoms with Crippen molar-refractivity contribution in [1.29, 1.82) is 0 Å². The van der Waals surface area contributed by atoms with Crippen molar-refractivity contribution in [3.63, 3.8) is 0 Å². The van der Waals surface area contributed by atoms with Gasteiger partial charge in [-0.25, -0.2) is 0 Å². The Bertz CT molecular complexity index is 425. The van der Waals surface area contributed by atoms with E-state index in [-0.39, 0.29) is 24.8 Å². The van der Waals surface area contributed by atoms with Gasteiger partial charge < -0.3 is 24.8 Å². The van der Waals surface area contributed by atoms with Crippen molar-refractivity contribution in [2.45, 2.75) is 32.9 Å². The molecular weight excluding hydrogens is 374 g/mol. The quantitative estimate of drug-likeness (QED) is 0.487. The molecule has 0 aliphatic heterocycles. The fourth-order valence-corrected chi connectivity index (χ4v) is 10.2. The van der Waals surface area contributed by atoms with Crippen molar-refractivity contribution < 1.29 is 52.5 Å². The molecule has 0 aromatic heterocycles. The molecule has 0 unspecified atom stereocenters. The minimum atomic E-state index is -1.62. The van der Waals surface area contributed by atoms with Crippen molar-refractivity contribution in [2.24, 2.45) is 0 Å². The SMILES string of the molecule is CCO[Si](C)(C)C1=[C]([Zr+2][C]2=CC=CC2)CC=C1.[Cl-].[Cl-]. The first kappa shape index (κ1) is 19.6. The molecule has 0 aromatic rings. The maximum absolute atomic E-state index is 6.03. The molecule has 1 nitrogen and oxygen atoms in total. The van der Waals surface area contributed by atoms with Gasteiger partial charge in [0.15, 0.2) is 0 Å². The van der Waals surface area contributed by atoms with Gasteiger partial charge in [0.25, 0.3) is 0 Å². The summed E-state index contributed by atoms with van der Waals surface area (Å²) in [5.74, 6) is 0. The van der Waals surface area contributed by atoms with E-state index in [2.05, 4.69) is 50.4 Å². The molecule has 0 N–H and O–H groups in total. The molecule has 5 heteroatoms. The van der Waals surface area contributed by atoms with Crippen molar-refractivity contribution in [2.75, 3.05) is 6.61 Å². The molecule has 0 amide bonds. The zero-order chi connectivity index (χ0) is 12.3. The van der Waals surface area contributed by atoms with Crippen LogP contribution in [-0.2, 0) is 27.7 Å². The summed E-state index contributed by atoms with van der Waals surface area (Å²) in [5.41, 5.74) is 0. The monoisotopic (exact) mass is 392 g/mol. The summed E-state index contributed by atoms with van der Waals surface area (Å²) in [6, 6.07) is 0. The number of hydrogen-bond acceptors (Lipinski definition) is 1. The van der Waals surface area contributed by atoms with Gasteiger partial charge in [-0.1, -0.05) is 0 Å². The van der Waals surface area contributed by atoms with E-state index >= 15 is 0 Å². The molecular formula is C14H20Cl2OSiZr. The van der Waals surface area contributed by atoms with Gasteiger partial charge in [-0.05, 0) is 0 Å². The second kappa shape index (κ2) is 8.79. The molecule has 0 aromatic carbocycles. The van der Waals surface area contributed by atoms with Crippen LogP contribution in [0.2, 0.25) is 13.1 Å². The Labute approximate surface area is 141 Å². The van der Waals surface area contributed by atoms with E-state index < -0.39 is 31.6 Å². The van der Waals surface area contributed by atoms with E-state index in [9.17, 15) is 0 Å². The Hall–Kier alpha value is 0.600. The van der Waals surface area contributed by atoms with Gasteiger partial charge >= 0.3 is 118 Å². The summed E-state index contributed by atoms with van der Waals surface area (Å²) in [5, 5.41) is 1.60. The first-order valence-electron chi connectivity index (χ1n) is 6.30. The van der Waals surface area contributed by atoms with Crippen LogP contribution in [0.5, 0.6) is 0 Å². The Kier molecular flexibility index (Phi) is 9.07. The Morgan fingerprint density at radius 1 is 1.21 bits per heavy atom. The van der Waals surface area contributed by atoms with E-state index in [0.29, 0.717) is 0 Å². The number of halogens is 2. The van der Waals surface area contributed by atoms with Gasteiger partial charge in [0.1, 0.15) is 0 Å². The van der Waals surface area contributed by atoms with Gasteiger partial charge in [-0.15, -0.1) is 0 Å². The van der Waals surface area contributed by atoms with E-state index in [4.69, 9.17) is 4.43 Å². The van der Waals surface area contributed by atoms with Crippen LogP contribution in [0.3, 0.4) is 0 Å².